The molecule has 6 heteroatoms. The number of ether oxygens (including phenoxy) is 2. The van der Waals surface area contributed by atoms with Crippen molar-refractivity contribution in [2.45, 2.75) is 6.92 Å². The first kappa shape index (κ1) is 14.8. The Kier molecular flexibility index (Phi) is 4.07. The Labute approximate surface area is 120 Å². The number of carbonyl (C=O) groups excluding carboxylic acids is 2. The van der Waals surface area contributed by atoms with E-state index in [9.17, 15) is 14.0 Å². The van der Waals surface area contributed by atoms with Crippen molar-refractivity contribution in [1.82, 2.24) is 4.98 Å². The lowest BCUT2D eigenvalue weighted by Gasteiger charge is -2.06. The molecule has 1 aromatic heterocycles. The van der Waals surface area contributed by atoms with E-state index in [1.807, 2.05) is 0 Å². The molecular weight excluding hydrogens is 277 g/mol. The van der Waals surface area contributed by atoms with Crippen LogP contribution in [0.1, 0.15) is 26.5 Å². The van der Waals surface area contributed by atoms with Crippen molar-refractivity contribution in [2.24, 2.45) is 0 Å². The molecule has 1 heterocycles. The molecule has 0 saturated heterocycles. The van der Waals surface area contributed by atoms with Gasteiger partial charge in [-0.2, -0.15) is 0 Å². The highest BCUT2D eigenvalue weighted by molar-refractivity contribution is 6.06. The SMILES string of the molecule is COC(=O)c1[nH]c(C)c(C(=O)OC)c1-c1ccc(F)cc1. The number of aryl methyl sites for hydroxylation is 1. The summed E-state index contributed by atoms with van der Waals surface area (Å²) in [6, 6.07) is 5.47. The van der Waals surface area contributed by atoms with Gasteiger partial charge in [-0.15, -0.1) is 0 Å². The first-order valence-corrected chi connectivity index (χ1v) is 6.14. The lowest BCUT2D eigenvalue weighted by atomic mass is 10.00. The minimum absolute atomic E-state index is 0.127. The third-order valence-electron chi connectivity index (χ3n) is 3.10. The van der Waals surface area contributed by atoms with Crippen LogP contribution in [0.25, 0.3) is 11.1 Å². The molecule has 0 amide bonds. The number of esters is 2. The van der Waals surface area contributed by atoms with Crippen LogP contribution in [0.5, 0.6) is 0 Å². The molecule has 0 fully saturated rings. The maximum Gasteiger partial charge on any atom is 0.355 e. The molecule has 0 unspecified atom stereocenters. The van der Waals surface area contributed by atoms with Crippen molar-refractivity contribution in [2.75, 3.05) is 14.2 Å². The molecule has 2 aromatic rings. The van der Waals surface area contributed by atoms with Crippen LogP contribution in [-0.4, -0.2) is 31.1 Å². The molecule has 0 aliphatic heterocycles. The molecule has 1 aromatic carbocycles. The van der Waals surface area contributed by atoms with E-state index in [4.69, 9.17) is 9.47 Å². The molecule has 5 nitrogen and oxygen atoms in total. The van der Waals surface area contributed by atoms with Gasteiger partial charge in [0.1, 0.15) is 11.5 Å². The van der Waals surface area contributed by atoms with Crippen LogP contribution in [0, 0.1) is 12.7 Å². The molecular formula is C15H14FNO4. The normalized spacial score (nSPS) is 10.3. The molecule has 0 atom stereocenters. The highest BCUT2D eigenvalue weighted by Gasteiger charge is 2.26. The van der Waals surface area contributed by atoms with Crippen molar-refractivity contribution < 1.29 is 23.5 Å². The Morgan fingerprint density at radius 1 is 1.05 bits per heavy atom. The summed E-state index contributed by atoms with van der Waals surface area (Å²) >= 11 is 0. The Balaban J connectivity index is 2.72. The standard InChI is InChI=1S/C15H14FNO4/c1-8-11(14(18)20-2)12(13(17-8)15(19)21-3)9-4-6-10(16)7-5-9/h4-7,17H,1-3H3. The molecule has 0 spiro atoms. The van der Waals surface area contributed by atoms with Gasteiger partial charge < -0.3 is 14.5 Å². The fraction of sp³-hybridized carbons (Fsp3) is 0.200. The number of nitrogens with one attached hydrogen (secondary N) is 1. The van der Waals surface area contributed by atoms with Gasteiger partial charge in [-0.05, 0) is 24.6 Å². The van der Waals surface area contributed by atoms with Crippen LogP contribution in [-0.2, 0) is 9.47 Å². The minimum atomic E-state index is -0.618. The van der Waals surface area contributed by atoms with Gasteiger partial charge in [0, 0.05) is 11.3 Å². The predicted octanol–water partition coefficient (Wildman–Crippen LogP) is 2.70. The summed E-state index contributed by atoms with van der Waals surface area (Å²) in [4.78, 5) is 26.6. The van der Waals surface area contributed by atoms with Gasteiger partial charge in [0.25, 0.3) is 0 Å². The van der Waals surface area contributed by atoms with Gasteiger partial charge in [0.05, 0.1) is 19.8 Å². The van der Waals surface area contributed by atoms with Crippen molar-refractivity contribution in [3.63, 3.8) is 0 Å². The monoisotopic (exact) mass is 291 g/mol. The van der Waals surface area contributed by atoms with Crippen LogP contribution in [0.4, 0.5) is 4.39 Å². The zero-order chi connectivity index (χ0) is 15.6. The largest absolute Gasteiger partial charge is 0.465 e. The van der Waals surface area contributed by atoms with Crippen molar-refractivity contribution in [3.05, 3.63) is 47.0 Å². The lowest BCUT2D eigenvalue weighted by molar-refractivity contribution is 0.0593. The number of methoxy groups -OCH3 is 2. The Morgan fingerprint density at radius 2 is 1.62 bits per heavy atom. The zero-order valence-electron chi connectivity index (χ0n) is 11.8. The van der Waals surface area contributed by atoms with Gasteiger partial charge in [0.2, 0.25) is 0 Å². The molecule has 0 saturated carbocycles. The topological polar surface area (TPSA) is 68.4 Å². The molecule has 21 heavy (non-hydrogen) atoms. The van der Waals surface area contributed by atoms with Gasteiger partial charge in [-0.3, -0.25) is 0 Å². The number of aromatic amines is 1. The van der Waals surface area contributed by atoms with E-state index < -0.39 is 17.8 Å². The zero-order valence-corrected chi connectivity index (χ0v) is 11.8. The molecule has 0 radical (unpaired) electrons. The summed E-state index contributed by atoms with van der Waals surface area (Å²) < 4.78 is 22.5. The lowest BCUT2D eigenvalue weighted by Crippen LogP contribution is -2.06. The second-order valence-electron chi connectivity index (χ2n) is 4.37. The van der Waals surface area contributed by atoms with Gasteiger partial charge in [-0.25, -0.2) is 14.0 Å². The van der Waals surface area contributed by atoms with E-state index in [1.165, 1.54) is 38.5 Å². The van der Waals surface area contributed by atoms with E-state index >= 15 is 0 Å². The van der Waals surface area contributed by atoms with Crippen LogP contribution in [0.15, 0.2) is 24.3 Å². The fourth-order valence-corrected chi connectivity index (χ4v) is 2.14. The molecule has 110 valence electrons. The van der Waals surface area contributed by atoms with E-state index in [1.54, 1.807) is 6.92 Å². The molecule has 0 aliphatic rings. The molecule has 0 bridgehead atoms. The first-order valence-electron chi connectivity index (χ1n) is 6.14. The fourth-order valence-electron chi connectivity index (χ4n) is 2.14. The number of benzene rings is 1. The van der Waals surface area contributed by atoms with Crippen molar-refractivity contribution in [1.29, 1.82) is 0 Å². The molecule has 0 aliphatic carbocycles. The average molecular weight is 291 g/mol. The Bertz CT molecular complexity index is 688. The summed E-state index contributed by atoms with van der Waals surface area (Å²) in [7, 11) is 2.49. The first-order chi connectivity index (χ1) is 9.99. The highest BCUT2D eigenvalue weighted by Crippen LogP contribution is 2.31. The van der Waals surface area contributed by atoms with E-state index in [-0.39, 0.29) is 11.3 Å². The Hall–Kier alpha value is -2.63. The number of rotatable bonds is 3. The third kappa shape index (κ3) is 2.65. The summed E-state index contributed by atoms with van der Waals surface area (Å²) in [6.45, 7) is 1.64. The average Bonchev–Trinajstić information content (AvgIpc) is 2.84. The van der Waals surface area contributed by atoms with Gasteiger partial charge >= 0.3 is 11.9 Å². The van der Waals surface area contributed by atoms with Crippen molar-refractivity contribution in [3.8, 4) is 11.1 Å². The number of aromatic nitrogens is 1. The second-order valence-corrected chi connectivity index (χ2v) is 4.37. The smallest absolute Gasteiger partial charge is 0.355 e. The third-order valence-corrected chi connectivity index (χ3v) is 3.10. The van der Waals surface area contributed by atoms with Crippen LogP contribution in [0.2, 0.25) is 0 Å². The van der Waals surface area contributed by atoms with E-state index in [2.05, 4.69) is 4.98 Å². The number of carbonyl (C=O) groups is 2. The van der Waals surface area contributed by atoms with Crippen LogP contribution in [0.3, 0.4) is 0 Å². The molecule has 1 N–H and O–H groups in total. The van der Waals surface area contributed by atoms with Crippen LogP contribution < -0.4 is 0 Å². The van der Waals surface area contributed by atoms with E-state index in [0.717, 1.165) is 0 Å². The summed E-state index contributed by atoms with van der Waals surface area (Å²) in [5.41, 5.74) is 1.68. The highest BCUT2D eigenvalue weighted by atomic mass is 19.1. The van der Waals surface area contributed by atoms with Gasteiger partial charge in [0.15, 0.2) is 0 Å². The summed E-state index contributed by atoms with van der Waals surface area (Å²) in [5.74, 6) is -1.61. The molecule has 2 rings (SSSR count). The number of hydrogen-bond donors (Lipinski definition) is 1. The summed E-state index contributed by atoms with van der Waals surface area (Å²) in [6.07, 6.45) is 0. The Morgan fingerprint density at radius 3 is 2.14 bits per heavy atom. The van der Waals surface area contributed by atoms with Gasteiger partial charge in [-0.1, -0.05) is 12.1 Å². The van der Waals surface area contributed by atoms with Crippen LogP contribution >= 0.6 is 0 Å². The number of halogens is 1. The maximum atomic E-state index is 13.1. The number of hydrogen-bond acceptors (Lipinski definition) is 4. The quantitative estimate of drug-likeness (QED) is 0.883. The number of H-pyrrole nitrogens is 1. The second kappa shape index (κ2) is 5.78. The van der Waals surface area contributed by atoms with E-state index in [0.29, 0.717) is 16.8 Å². The minimum Gasteiger partial charge on any atom is -0.465 e. The van der Waals surface area contributed by atoms with Crippen molar-refractivity contribution >= 4 is 11.9 Å². The predicted molar refractivity (Wildman–Crippen MR) is 73.6 cm³/mol. The maximum absolute atomic E-state index is 13.1. The summed E-state index contributed by atoms with van der Waals surface area (Å²) in [5, 5.41) is 0.